The third-order valence-corrected chi connectivity index (χ3v) is 5.62. The van der Waals surface area contributed by atoms with Crippen molar-refractivity contribution < 1.29 is 19.1 Å². The van der Waals surface area contributed by atoms with Crippen molar-refractivity contribution in [2.75, 3.05) is 19.8 Å². The standard InChI is InChI=1S/C29H30N4O4/c1-5-23-7-6-8-24(32-23)17-31-18-25(34)19-36-26-13-9-21(10-14-26)29(2,3)22-11-15-27(16-12-22)37-20-28(35)33-30-4/h5-17H,1,4,18-20H2,2-3H3,(H,33,35). The van der Waals surface area contributed by atoms with Crippen LogP contribution < -0.4 is 14.9 Å². The van der Waals surface area contributed by atoms with Crippen molar-refractivity contribution in [1.82, 2.24) is 10.4 Å². The number of hydrogen-bond acceptors (Lipinski definition) is 7. The predicted molar refractivity (Wildman–Crippen MR) is 145 cm³/mol. The molecule has 0 aliphatic rings. The molecule has 8 nitrogen and oxygen atoms in total. The summed E-state index contributed by atoms with van der Waals surface area (Å²) in [4.78, 5) is 32.1. The third-order valence-electron chi connectivity index (χ3n) is 5.62. The molecule has 1 aromatic heterocycles. The van der Waals surface area contributed by atoms with Gasteiger partial charge in [0.25, 0.3) is 5.91 Å². The van der Waals surface area contributed by atoms with Gasteiger partial charge in [-0.3, -0.25) is 14.6 Å². The summed E-state index contributed by atoms with van der Waals surface area (Å²) in [6.45, 7) is 10.9. The summed E-state index contributed by atoms with van der Waals surface area (Å²) in [5.41, 5.74) is 5.50. The van der Waals surface area contributed by atoms with Gasteiger partial charge in [-0.2, -0.15) is 5.10 Å². The van der Waals surface area contributed by atoms with E-state index >= 15 is 0 Å². The summed E-state index contributed by atoms with van der Waals surface area (Å²) in [6.07, 6.45) is 3.22. The van der Waals surface area contributed by atoms with Crippen molar-refractivity contribution in [3.8, 4) is 11.5 Å². The van der Waals surface area contributed by atoms with Gasteiger partial charge in [0.05, 0.1) is 11.4 Å². The van der Waals surface area contributed by atoms with Crippen molar-refractivity contribution >= 4 is 30.7 Å². The van der Waals surface area contributed by atoms with Crippen molar-refractivity contribution in [3.63, 3.8) is 0 Å². The van der Waals surface area contributed by atoms with Crippen LogP contribution >= 0.6 is 0 Å². The Balaban J connectivity index is 1.52. The number of benzene rings is 2. The molecule has 1 N–H and O–H groups in total. The van der Waals surface area contributed by atoms with Gasteiger partial charge in [0, 0.05) is 18.3 Å². The van der Waals surface area contributed by atoms with Crippen LogP contribution in [0.3, 0.4) is 0 Å². The van der Waals surface area contributed by atoms with Crippen LogP contribution in [0.1, 0.15) is 36.4 Å². The van der Waals surface area contributed by atoms with E-state index in [1.807, 2.05) is 66.7 Å². The summed E-state index contributed by atoms with van der Waals surface area (Å²) in [5, 5.41) is 3.32. The van der Waals surface area contributed by atoms with Crippen LogP contribution in [-0.4, -0.2) is 49.4 Å². The van der Waals surface area contributed by atoms with E-state index in [2.05, 4.69) is 47.6 Å². The number of aromatic nitrogens is 1. The molecule has 0 unspecified atom stereocenters. The molecule has 8 heteroatoms. The van der Waals surface area contributed by atoms with E-state index in [0.29, 0.717) is 17.2 Å². The van der Waals surface area contributed by atoms with Gasteiger partial charge in [-0.15, -0.1) is 0 Å². The third kappa shape index (κ3) is 7.96. The molecule has 1 heterocycles. The normalized spacial score (nSPS) is 11.1. The minimum absolute atomic E-state index is 0.0145. The molecular formula is C29H30N4O4. The highest BCUT2D eigenvalue weighted by molar-refractivity contribution is 5.85. The predicted octanol–water partition coefficient (Wildman–Crippen LogP) is 4.23. The van der Waals surface area contributed by atoms with Crippen molar-refractivity contribution in [2.24, 2.45) is 10.1 Å². The van der Waals surface area contributed by atoms with Gasteiger partial charge in [0.2, 0.25) is 0 Å². The quantitative estimate of drug-likeness (QED) is 0.281. The number of ether oxygens (including phenoxy) is 2. The lowest BCUT2D eigenvalue weighted by molar-refractivity contribution is -0.123. The van der Waals surface area contributed by atoms with E-state index in [1.54, 1.807) is 12.3 Å². The molecule has 190 valence electrons. The molecule has 0 saturated heterocycles. The second-order valence-electron chi connectivity index (χ2n) is 8.64. The Hall–Kier alpha value is -4.59. The first kappa shape index (κ1) is 27.0. The zero-order valence-electron chi connectivity index (χ0n) is 21.0. The molecule has 0 saturated carbocycles. The zero-order valence-corrected chi connectivity index (χ0v) is 21.0. The van der Waals surface area contributed by atoms with Gasteiger partial charge in [-0.1, -0.05) is 50.8 Å². The Morgan fingerprint density at radius 2 is 1.49 bits per heavy atom. The highest BCUT2D eigenvalue weighted by Gasteiger charge is 2.23. The van der Waals surface area contributed by atoms with Gasteiger partial charge in [0.1, 0.15) is 24.7 Å². The average Bonchev–Trinajstić information content (AvgIpc) is 2.91. The number of rotatable bonds is 13. The van der Waals surface area contributed by atoms with E-state index < -0.39 is 0 Å². The van der Waals surface area contributed by atoms with Crippen LogP contribution in [0.25, 0.3) is 6.08 Å². The van der Waals surface area contributed by atoms with Crippen LogP contribution in [0.2, 0.25) is 0 Å². The van der Waals surface area contributed by atoms with Crippen molar-refractivity contribution in [1.29, 1.82) is 0 Å². The second-order valence-corrected chi connectivity index (χ2v) is 8.64. The first-order valence-corrected chi connectivity index (χ1v) is 11.6. The summed E-state index contributed by atoms with van der Waals surface area (Å²) in [5.74, 6) is 0.676. The molecule has 2 aromatic carbocycles. The molecule has 0 fully saturated rings. The summed E-state index contributed by atoms with van der Waals surface area (Å²) < 4.78 is 11.1. The molecule has 0 bridgehead atoms. The van der Waals surface area contributed by atoms with Crippen LogP contribution in [0.4, 0.5) is 0 Å². The SMILES string of the molecule is C=Cc1cccc(C=NCC(=O)COc2ccc(C(C)(C)c3ccc(OCC(=O)NN=C)cc3)cc2)n1. The van der Waals surface area contributed by atoms with Crippen molar-refractivity contribution in [2.45, 2.75) is 19.3 Å². The van der Waals surface area contributed by atoms with Gasteiger partial charge < -0.3 is 9.47 Å². The Bertz CT molecular complexity index is 1270. The molecule has 3 rings (SSSR count). The Morgan fingerprint density at radius 1 is 0.919 bits per heavy atom. The number of pyridine rings is 1. The van der Waals surface area contributed by atoms with E-state index in [0.717, 1.165) is 16.8 Å². The summed E-state index contributed by atoms with van der Waals surface area (Å²) in [7, 11) is 0. The molecular weight excluding hydrogens is 468 g/mol. The topological polar surface area (TPSA) is 102 Å². The number of Topliss-reactive ketones (excluding diaryl/α,β-unsaturated/α-hetero) is 1. The lowest BCUT2D eigenvalue weighted by Gasteiger charge is -2.26. The van der Waals surface area contributed by atoms with Gasteiger partial charge in [0.15, 0.2) is 12.4 Å². The highest BCUT2D eigenvalue weighted by Crippen LogP contribution is 2.33. The number of nitrogens with one attached hydrogen (secondary N) is 1. The summed E-state index contributed by atoms with van der Waals surface area (Å²) in [6, 6.07) is 20.7. The first-order valence-electron chi connectivity index (χ1n) is 11.6. The summed E-state index contributed by atoms with van der Waals surface area (Å²) >= 11 is 0. The molecule has 0 spiro atoms. The molecule has 0 aliphatic carbocycles. The van der Waals surface area contributed by atoms with Crippen LogP contribution in [0.15, 0.2) is 83.4 Å². The number of carbonyl (C=O) groups is 2. The minimum Gasteiger partial charge on any atom is -0.486 e. The van der Waals surface area contributed by atoms with Gasteiger partial charge in [-0.05, 0) is 53.6 Å². The zero-order chi connectivity index (χ0) is 26.7. The van der Waals surface area contributed by atoms with Crippen LogP contribution in [-0.2, 0) is 15.0 Å². The largest absolute Gasteiger partial charge is 0.486 e. The first-order chi connectivity index (χ1) is 17.8. The fourth-order valence-corrected chi connectivity index (χ4v) is 3.48. The Labute approximate surface area is 216 Å². The molecule has 0 radical (unpaired) electrons. The maximum Gasteiger partial charge on any atom is 0.277 e. The molecule has 1 amide bonds. The highest BCUT2D eigenvalue weighted by atomic mass is 16.5. The molecule has 37 heavy (non-hydrogen) atoms. The number of hydrogen-bond donors (Lipinski definition) is 1. The lowest BCUT2D eigenvalue weighted by atomic mass is 9.78. The number of ketones is 1. The smallest absolute Gasteiger partial charge is 0.277 e. The van der Waals surface area contributed by atoms with Gasteiger partial charge in [-0.25, -0.2) is 10.4 Å². The molecule has 0 atom stereocenters. The molecule has 3 aromatic rings. The van der Waals surface area contributed by atoms with Crippen LogP contribution in [0, 0.1) is 0 Å². The number of amides is 1. The number of nitrogens with zero attached hydrogens (tertiary/aromatic N) is 3. The van der Waals surface area contributed by atoms with Crippen molar-refractivity contribution in [3.05, 3.63) is 95.8 Å². The van der Waals surface area contributed by atoms with E-state index in [9.17, 15) is 9.59 Å². The minimum atomic E-state index is -0.372. The van der Waals surface area contributed by atoms with E-state index in [-0.39, 0.29) is 36.9 Å². The lowest BCUT2D eigenvalue weighted by Crippen LogP contribution is -2.24. The van der Waals surface area contributed by atoms with Gasteiger partial charge >= 0.3 is 0 Å². The number of hydrazone groups is 1. The number of aliphatic imine (C=N–C) groups is 1. The van der Waals surface area contributed by atoms with E-state index in [1.165, 1.54) is 0 Å². The monoisotopic (exact) mass is 498 g/mol. The Kier molecular flexibility index (Phi) is 9.43. The molecule has 0 aliphatic heterocycles. The number of carbonyl (C=O) groups excluding carboxylic acids is 2. The fourth-order valence-electron chi connectivity index (χ4n) is 3.48. The Morgan fingerprint density at radius 3 is 2.05 bits per heavy atom. The maximum absolute atomic E-state index is 12.2. The maximum atomic E-state index is 12.2. The average molecular weight is 499 g/mol. The van der Waals surface area contributed by atoms with Crippen LogP contribution in [0.5, 0.6) is 11.5 Å². The fraction of sp³-hybridized carbons (Fsp3) is 0.207. The second kappa shape index (κ2) is 12.9. The van der Waals surface area contributed by atoms with E-state index in [4.69, 9.17) is 9.47 Å².